The number of hydrogen-bond acceptors (Lipinski definition) is 2. The number of hydrogen-bond donors (Lipinski definition) is 1. The second-order valence-corrected chi connectivity index (χ2v) is 5.34. The number of aryl methyl sites for hydroxylation is 1. The zero-order valence-corrected chi connectivity index (χ0v) is 12.5. The second-order valence-electron chi connectivity index (χ2n) is 4.96. The molecule has 1 saturated heterocycles. The summed E-state index contributed by atoms with van der Waals surface area (Å²) in [4.78, 5) is 6.61. The van der Waals surface area contributed by atoms with Crippen LogP contribution >= 0.6 is 12.2 Å². The average Bonchev–Trinajstić information content (AvgIpc) is 3.05. The third-order valence-electron chi connectivity index (χ3n) is 3.85. The number of aromatic nitrogens is 2. The van der Waals surface area contributed by atoms with E-state index in [9.17, 15) is 0 Å². The van der Waals surface area contributed by atoms with Crippen molar-refractivity contribution in [1.82, 2.24) is 19.8 Å². The van der Waals surface area contributed by atoms with E-state index in [0.717, 1.165) is 17.4 Å². The first-order valence-electron chi connectivity index (χ1n) is 6.81. The lowest BCUT2D eigenvalue weighted by Gasteiger charge is -2.25. The molecule has 20 heavy (non-hydrogen) atoms. The second kappa shape index (κ2) is 5.25. The Morgan fingerprint density at radius 1 is 1.30 bits per heavy atom. The van der Waals surface area contributed by atoms with Crippen LogP contribution in [0, 0.1) is 0 Å². The van der Waals surface area contributed by atoms with E-state index in [1.807, 2.05) is 31.4 Å². The number of pyridine rings is 1. The van der Waals surface area contributed by atoms with Crippen LogP contribution in [-0.4, -0.2) is 26.6 Å². The van der Waals surface area contributed by atoms with Gasteiger partial charge in [-0.25, -0.2) is 0 Å². The largest absolute Gasteiger partial charge is 0.352 e. The summed E-state index contributed by atoms with van der Waals surface area (Å²) in [6, 6.07) is 10.5. The molecule has 1 fully saturated rings. The highest BCUT2D eigenvalue weighted by molar-refractivity contribution is 7.80. The maximum atomic E-state index is 5.43. The van der Waals surface area contributed by atoms with Gasteiger partial charge in [0.15, 0.2) is 5.11 Å². The fourth-order valence-electron chi connectivity index (χ4n) is 2.81. The first-order valence-corrected chi connectivity index (χ1v) is 7.22. The summed E-state index contributed by atoms with van der Waals surface area (Å²) in [5.74, 6) is 0. The fourth-order valence-corrected chi connectivity index (χ4v) is 3.05. The Morgan fingerprint density at radius 3 is 2.85 bits per heavy atom. The highest BCUT2D eigenvalue weighted by Crippen LogP contribution is 2.37. The van der Waals surface area contributed by atoms with Crippen LogP contribution in [0.15, 0.2) is 42.7 Å². The maximum Gasteiger partial charge on any atom is 0.169 e. The highest BCUT2D eigenvalue weighted by Gasteiger charge is 2.38. The van der Waals surface area contributed by atoms with Crippen LogP contribution in [-0.2, 0) is 6.54 Å². The minimum atomic E-state index is 0.0916. The quantitative estimate of drug-likeness (QED) is 0.879. The number of thiocarbonyl (C=S) groups is 1. The van der Waals surface area contributed by atoms with Crippen LogP contribution < -0.4 is 5.32 Å². The van der Waals surface area contributed by atoms with E-state index in [1.165, 1.54) is 5.69 Å². The smallest absolute Gasteiger partial charge is 0.169 e. The van der Waals surface area contributed by atoms with E-state index < -0.39 is 0 Å². The summed E-state index contributed by atoms with van der Waals surface area (Å²) >= 11 is 5.43. The molecule has 5 heteroatoms. The average molecular weight is 286 g/mol. The van der Waals surface area contributed by atoms with Gasteiger partial charge in [0.2, 0.25) is 0 Å². The minimum Gasteiger partial charge on any atom is -0.352 e. The van der Waals surface area contributed by atoms with E-state index in [2.05, 4.69) is 45.0 Å². The van der Waals surface area contributed by atoms with E-state index in [-0.39, 0.29) is 12.1 Å². The predicted octanol–water partition coefficient (Wildman–Crippen LogP) is 2.51. The third-order valence-corrected chi connectivity index (χ3v) is 4.25. The zero-order valence-electron chi connectivity index (χ0n) is 11.7. The molecule has 0 saturated carbocycles. The van der Waals surface area contributed by atoms with Gasteiger partial charge in [0.1, 0.15) is 0 Å². The van der Waals surface area contributed by atoms with E-state index in [4.69, 9.17) is 12.2 Å². The van der Waals surface area contributed by atoms with Crippen molar-refractivity contribution in [2.24, 2.45) is 0 Å². The molecule has 104 valence electrons. The van der Waals surface area contributed by atoms with Gasteiger partial charge < -0.3 is 14.8 Å². The molecule has 0 aromatic carbocycles. The Hall–Kier alpha value is -1.88. The lowest BCUT2D eigenvalue weighted by molar-refractivity contribution is 0.350. The molecule has 2 atom stereocenters. The van der Waals surface area contributed by atoms with Crippen molar-refractivity contribution in [1.29, 1.82) is 0 Å². The van der Waals surface area contributed by atoms with Crippen molar-refractivity contribution >= 4 is 17.3 Å². The summed E-state index contributed by atoms with van der Waals surface area (Å²) < 4.78 is 2.26. The van der Waals surface area contributed by atoms with Crippen LogP contribution in [0.1, 0.15) is 30.4 Å². The van der Waals surface area contributed by atoms with E-state index in [0.29, 0.717) is 0 Å². The van der Waals surface area contributed by atoms with Crippen molar-refractivity contribution in [3.05, 3.63) is 54.1 Å². The minimum absolute atomic E-state index is 0.0916. The summed E-state index contributed by atoms with van der Waals surface area (Å²) in [6.07, 6.45) is 3.94. The lowest BCUT2D eigenvalue weighted by atomic mass is 10.0. The molecule has 0 radical (unpaired) electrons. The van der Waals surface area contributed by atoms with Crippen molar-refractivity contribution < 1.29 is 0 Å². The van der Waals surface area contributed by atoms with E-state index in [1.54, 1.807) is 0 Å². The summed E-state index contributed by atoms with van der Waals surface area (Å²) in [5.41, 5.74) is 2.28. The lowest BCUT2D eigenvalue weighted by Crippen LogP contribution is -2.26. The highest BCUT2D eigenvalue weighted by atomic mass is 32.1. The summed E-state index contributed by atoms with van der Waals surface area (Å²) in [6.45, 7) is 3.11. The molecular formula is C15H18N4S. The predicted molar refractivity (Wildman–Crippen MR) is 83.3 cm³/mol. The molecule has 3 heterocycles. The van der Waals surface area contributed by atoms with Gasteiger partial charge in [0.05, 0.1) is 17.8 Å². The molecule has 0 amide bonds. The molecule has 1 N–H and O–H groups in total. The number of nitrogens with zero attached hydrogens (tertiary/aromatic N) is 3. The molecule has 0 bridgehead atoms. The zero-order chi connectivity index (χ0) is 14.1. The monoisotopic (exact) mass is 286 g/mol. The van der Waals surface area contributed by atoms with Crippen LogP contribution in [0.2, 0.25) is 0 Å². The molecule has 4 nitrogen and oxygen atoms in total. The Bertz CT molecular complexity index is 607. The molecule has 1 aliphatic rings. The first kappa shape index (κ1) is 13.1. The van der Waals surface area contributed by atoms with Gasteiger partial charge in [-0.2, -0.15) is 0 Å². The van der Waals surface area contributed by atoms with Gasteiger partial charge in [0.25, 0.3) is 0 Å². The normalized spacial score (nSPS) is 22.1. The SMILES string of the molecule is CCn1cccc1C1C(c2ccccn2)NC(=S)N1C. The number of rotatable bonds is 3. The van der Waals surface area contributed by atoms with Crippen LogP contribution in [0.5, 0.6) is 0 Å². The van der Waals surface area contributed by atoms with Gasteiger partial charge >= 0.3 is 0 Å². The molecule has 1 aliphatic heterocycles. The summed E-state index contributed by atoms with van der Waals surface area (Å²) in [5, 5.41) is 4.16. The Morgan fingerprint density at radius 2 is 2.15 bits per heavy atom. The Kier molecular flexibility index (Phi) is 3.44. The van der Waals surface area contributed by atoms with Gasteiger partial charge in [-0.05, 0) is 43.4 Å². The first-order chi connectivity index (χ1) is 9.72. The van der Waals surface area contributed by atoms with Crippen LogP contribution in [0.4, 0.5) is 0 Å². The third kappa shape index (κ3) is 2.08. The van der Waals surface area contributed by atoms with Gasteiger partial charge in [-0.3, -0.25) is 4.98 Å². The van der Waals surface area contributed by atoms with Crippen molar-refractivity contribution in [2.45, 2.75) is 25.6 Å². The van der Waals surface area contributed by atoms with Gasteiger partial charge in [0, 0.05) is 31.7 Å². The van der Waals surface area contributed by atoms with Crippen molar-refractivity contribution in [3.8, 4) is 0 Å². The van der Waals surface area contributed by atoms with E-state index >= 15 is 0 Å². The molecule has 2 unspecified atom stereocenters. The molecule has 0 aliphatic carbocycles. The van der Waals surface area contributed by atoms with Crippen LogP contribution in [0.3, 0.4) is 0 Å². The molecule has 3 rings (SSSR count). The molecule has 2 aromatic heterocycles. The maximum absolute atomic E-state index is 5.43. The Balaban J connectivity index is 2.03. The van der Waals surface area contributed by atoms with Gasteiger partial charge in [-0.15, -0.1) is 0 Å². The van der Waals surface area contributed by atoms with Crippen LogP contribution in [0.25, 0.3) is 0 Å². The topological polar surface area (TPSA) is 33.1 Å². The molecule has 0 spiro atoms. The fraction of sp³-hybridized carbons (Fsp3) is 0.333. The van der Waals surface area contributed by atoms with Crippen molar-refractivity contribution in [3.63, 3.8) is 0 Å². The molecule has 2 aromatic rings. The molecular weight excluding hydrogens is 268 g/mol. The standard InChI is InChI=1S/C15H18N4S/c1-3-19-10-6-8-12(19)14-13(17-15(20)18(14)2)11-7-4-5-9-16-11/h4-10,13-14H,3H2,1-2H3,(H,17,20). The summed E-state index contributed by atoms with van der Waals surface area (Å²) in [7, 11) is 2.04. The van der Waals surface area contributed by atoms with Crippen molar-refractivity contribution in [2.75, 3.05) is 7.05 Å². The number of nitrogens with one attached hydrogen (secondary N) is 1. The Labute approximate surface area is 124 Å². The number of likely N-dealkylation sites (N-methyl/N-ethyl adjacent to an activating group) is 1. The van der Waals surface area contributed by atoms with Gasteiger partial charge in [-0.1, -0.05) is 6.07 Å².